The highest BCUT2D eigenvalue weighted by atomic mass is 16.6. The molecular formula is C74H126O6. The molecule has 0 aromatic rings. The number of rotatable bonds is 61. The van der Waals surface area contributed by atoms with Crippen molar-refractivity contribution in [3.8, 4) is 0 Å². The van der Waals surface area contributed by atoms with Crippen LogP contribution in [0.15, 0.2) is 109 Å². The third kappa shape index (κ3) is 64.9. The van der Waals surface area contributed by atoms with Crippen LogP contribution in [-0.2, 0) is 28.6 Å². The molecule has 6 nitrogen and oxygen atoms in total. The summed E-state index contributed by atoms with van der Waals surface area (Å²) >= 11 is 0. The van der Waals surface area contributed by atoms with Crippen LogP contribution in [0.2, 0.25) is 0 Å². The number of allylic oxidation sites excluding steroid dienone is 18. The van der Waals surface area contributed by atoms with Gasteiger partial charge < -0.3 is 14.2 Å². The molecule has 6 heteroatoms. The Labute approximate surface area is 495 Å². The van der Waals surface area contributed by atoms with Crippen LogP contribution in [-0.4, -0.2) is 37.2 Å². The van der Waals surface area contributed by atoms with Crippen molar-refractivity contribution in [2.75, 3.05) is 13.2 Å². The molecule has 0 bridgehead atoms. The Morgan fingerprint density at radius 3 is 0.775 bits per heavy atom. The van der Waals surface area contributed by atoms with Gasteiger partial charge in [0.15, 0.2) is 6.10 Å². The van der Waals surface area contributed by atoms with Crippen LogP contribution >= 0.6 is 0 Å². The molecule has 0 aliphatic carbocycles. The highest BCUT2D eigenvalue weighted by Gasteiger charge is 2.19. The van der Waals surface area contributed by atoms with Gasteiger partial charge in [0.2, 0.25) is 0 Å². The monoisotopic (exact) mass is 1110 g/mol. The minimum Gasteiger partial charge on any atom is -0.462 e. The largest absolute Gasteiger partial charge is 0.462 e. The van der Waals surface area contributed by atoms with Crippen molar-refractivity contribution in [3.63, 3.8) is 0 Å². The third-order valence-electron chi connectivity index (χ3n) is 14.5. The average Bonchev–Trinajstić information content (AvgIpc) is 3.46. The van der Waals surface area contributed by atoms with Crippen molar-refractivity contribution in [1.82, 2.24) is 0 Å². The summed E-state index contributed by atoms with van der Waals surface area (Å²) in [5.74, 6) is -0.885. The molecule has 0 aromatic heterocycles. The lowest BCUT2D eigenvalue weighted by Gasteiger charge is -2.18. The Kier molecular flexibility index (Phi) is 64.3. The fourth-order valence-corrected chi connectivity index (χ4v) is 9.48. The van der Waals surface area contributed by atoms with E-state index in [2.05, 4.69) is 130 Å². The molecule has 0 fully saturated rings. The number of hydrogen-bond donors (Lipinski definition) is 0. The Hall–Kier alpha value is -3.93. The minimum atomic E-state index is -0.786. The molecule has 0 aliphatic heterocycles. The number of carbonyl (C=O) groups excluding carboxylic acids is 3. The first-order chi connectivity index (χ1) is 39.5. The first kappa shape index (κ1) is 76.1. The van der Waals surface area contributed by atoms with E-state index in [4.69, 9.17) is 14.2 Å². The van der Waals surface area contributed by atoms with Crippen molar-refractivity contribution < 1.29 is 28.6 Å². The fourth-order valence-electron chi connectivity index (χ4n) is 9.48. The molecule has 0 saturated heterocycles. The van der Waals surface area contributed by atoms with Gasteiger partial charge >= 0.3 is 17.9 Å². The van der Waals surface area contributed by atoms with Gasteiger partial charge in [-0.05, 0) is 122 Å². The maximum Gasteiger partial charge on any atom is 0.306 e. The van der Waals surface area contributed by atoms with E-state index in [9.17, 15) is 14.4 Å². The molecule has 0 N–H and O–H groups in total. The van der Waals surface area contributed by atoms with Crippen LogP contribution in [0.4, 0.5) is 0 Å². The summed E-state index contributed by atoms with van der Waals surface area (Å²) in [5.41, 5.74) is 0. The summed E-state index contributed by atoms with van der Waals surface area (Å²) in [7, 11) is 0. The summed E-state index contributed by atoms with van der Waals surface area (Å²) in [6.45, 7) is 6.41. The fraction of sp³-hybridized carbons (Fsp3) is 0.716. The van der Waals surface area contributed by atoms with Crippen LogP contribution in [0.1, 0.15) is 323 Å². The SMILES string of the molecule is CC/C=C\C/C=C\C/C=C\C/C=C\CCCCCCCCCCCCCCCCC(=O)OCC(COC(=O)CCCCCCC/C=C\CCCCC)OC(=O)CCCCCCCCCCCC/C=C\C/C=C\C/C=C\C/C=C\CC. The average molecular weight is 1110 g/mol. The van der Waals surface area contributed by atoms with E-state index in [1.54, 1.807) is 0 Å². The summed E-state index contributed by atoms with van der Waals surface area (Å²) in [5, 5.41) is 0. The van der Waals surface area contributed by atoms with Crippen molar-refractivity contribution in [2.45, 2.75) is 329 Å². The van der Waals surface area contributed by atoms with E-state index >= 15 is 0 Å². The van der Waals surface area contributed by atoms with Crippen molar-refractivity contribution >= 4 is 17.9 Å². The maximum atomic E-state index is 12.9. The van der Waals surface area contributed by atoms with E-state index in [0.29, 0.717) is 19.3 Å². The Morgan fingerprint density at radius 1 is 0.263 bits per heavy atom. The first-order valence-electron chi connectivity index (χ1n) is 33.9. The number of hydrogen-bond acceptors (Lipinski definition) is 6. The van der Waals surface area contributed by atoms with Gasteiger partial charge in [0, 0.05) is 19.3 Å². The second kappa shape index (κ2) is 67.6. The topological polar surface area (TPSA) is 78.9 Å². The number of esters is 3. The van der Waals surface area contributed by atoms with Crippen LogP contribution in [0.5, 0.6) is 0 Å². The lowest BCUT2D eigenvalue weighted by molar-refractivity contribution is -0.167. The predicted molar refractivity (Wildman–Crippen MR) is 348 cm³/mol. The lowest BCUT2D eigenvalue weighted by atomic mass is 10.0. The van der Waals surface area contributed by atoms with E-state index in [-0.39, 0.29) is 31.1 Å². The molecule has 0 amide bonds. The third-order valence-corrected chi connectivity index (χ3v) is 14.5. The molecule has 1 atom stereocenters. The van der Waals surface area contributed by atoms with Gasteiger partial charge in [0.25, 0.3) is 0 Å². The first-order valence-corrected chi connectivity index (χ1v) is 33.9. The van der Waals surface area contributed by atoms with Gasteiger partial charge in [-0.25, -0.2) is 0 Å². The number of unbranched alkanes of at least 4 members (excludes halogenated alkanes) is 32. The van der Waals surface area contributed by atoms with Gasteiger partial charge in [-0.1, -0.05) is 291 Å². The van der Waals surface area contributed by atoms with E-state index in [0.717, 1.165) is 116 Å². The zero-order valence-corrected chi connectivity index (χ0v) is 52.6. The van der Waals surface area contributed by atoms with Crippen LogP contribution < -0.4 is 0 Å². The second-order valence-corrected chi connectivity index (χ2v) is 22.3. The highest BCUT2D eigenvalue weighted by molar-refractivity contribution is 5.71. The van der Waals surface area contributed by atoms with Gasteiger partial charge in [-0.3, -0.25) is 14.4 Å². The Morgan fingerprint density at radius 2 is 0.487 bits per heavy atom. The molecule has 458 valence electrons. The summed E-state index contributed by atoms with van der Waals surface area (Å²) < 4.78 is 16.9. The van der Waals surface area contributed by atoms with Crippen molar-refractivity contribution in [2.24, 2.45) is 0 Å². The molecule has 0 spiro atoms. The van der Waals surface area contributed by atoms with E-state index in [1.165, 1.54) is 167 Å². The molecule has 0 saturated carbocycles. The minimum absolute atomic E-state index is 0.0813. The molecular weight excluding hydrogens is 985 g/mol. The molecule has 0 aliphatic rings. The van der Waals surface area contributed by atoms with Crippen molar-refractivity contribution in [1.29, 1.82) is 0 Å². The molecule has 0 aromatic carbocycles. The molecule has 0 radical (unpaired) electrons. The lowest BCUT2D eigenvalue weighted by Crippen LogP contribution is -2.30. The van der Waals surface area contributed by atoms with Crippen LogP contribution in [0.3, 0.4) is 0 Å². The molecule has 0 heterocycles. The molecule has 0 rings (SSSR count). The summed E-state index contributed by atoms with van der Waals surface area (Å²) in [4.78, 5) is 38.4. The molecule has 1 unspecified atom stereocenters. The number of ether oxygens (including phenoxy) is 3. The van der Waals surface area contributed by atoms with Crippen LogP contribution in [0.25, 0.3) is 0 Å². The van der Waals surface area contributed by atoms with Gasteiger partial charge in [0.1, 0.15) is 13.2 Å². The summed E-state index contributed by atoms with van der Waals surface area (Å²) in [6.07, 6.45) is 92.5. The quantitative estimate of drug-likeness (QED) is 0.0261. The smallest absolute Gasteiger partial charge is 0.306 e. The Bertz CT molecular complexity index is 1610. The maximum absolute atomic E-state index is 12.9. The van der Waals surface area contributed by atoms with Gasteiger partial charge in [-0.2, -0.15) is 0 Å². The normalized spacial score (nSPS) is 12.8. The summed E-state index contributed by atoms with van der Waals surface area (Å²) in [6, 6.07) is 0. The van der Waals surface area contributed by atoms with E-state index in [1.807, 2.05) is 0 Å². The zero-order chi connectivity index (χ0) is 57.8. The standard InChI is InChI=1S/C74H126O6/c1-4-7-10-13-16-19-22-25-27-29-31-33-35-36-37-38-40-41-43-45-47-49-52-55-58-61-64-67-73(76)79-70-71(69-78-72(75)66-63-60-57-54-51-24-21-18-15-12-9-6-3)80-74(77)68-65-62-59-56-53-50-48-46-44-42-39-34-32-30-28-26-23-20-17-14-11-8-5-2/h7-8,10-11,16-21,25-28,31-34,71H,4-6,9,12-15,22-24,29-30,35-70H2,1-3H3/b10-7-,11-8-,19-16-,20-17-,21-18-,27-25-,28-26-,33-31-,34-32-. The molecule has 80 heavy (non-hydrogen) atoms. The zero-order valence-electron chi connectivity index (χ0n) is 52.6. The van der Waals surface area contributed by atoms with Crippen molar-refractivity contribution in [3.05, 3.63) is 109 Å². The van der Waals surface area contributed by atoms with Gasteiger partial charge in [0.05, 0.1) is 0 Å². The predicted octanol–water partition coefficient (Wildman–Crippen LogP) is 23.4. The second-order valence-electron chi connectivity index (χ2n) is 22.3. The highest BCUT2D eigenvalue weighted by Crippen LogP contribution is 2.17. The number of carbonyl (C=O) groups is 3. The Balaban J connectivity index is 4.27. The van der Waals surface area contributed by atoms with Gasteiger partial charge in [-0.15, -0.1) is 0 Å². The van der Waals surface area contributed by atoms with Crippen LogP contribution in [0, 0.1) is 0 Å². The van der Waals surface area contributed by atoms with E-state index < -0.39 is 6.10 Å².